The lowest BCUT2D eigenvalue weighted by Crippen LogP contribution is -1.96. The summed E-state index contributed by atoms with van der Waals surface area (Å²) in [6.45, 7) is 2.25. The highest BCUT2D eigenvalue weighted by molar-refractivity contribution is 5.35. The third-order valence-electron chi connectivity index (χ3n) is 4.31. The van der Waals surface area contributed by atoms with E-state index in [1.54, 1.807) is 0 Å². The van der Waals surface area contributed by atoms with Gasteiger partial charge in [0.25, 0.3) is 0 Å². The van der Waals surface area contributed by atoms with Gasteiger partial charge in [-0.1, -0.05) is 92.2 Å². The van der Waals surface area contributed by atoms with Crippen LogP contribution in [-0.4, -0.2) is 0 Å². The lowest BCUT2D eigenvalue weighted by molar-refractivity contribution is 0.904. The van der Waals surface area contributed by atoms with E-state index in [1.165, 1.54) is 40.7 Å². The van der Waals surface area contributed by atoms with Crippen molar-refractivity contribution in [3.05, 3.63) is 107 Å². The number of hydrogen-bond acceptors (Lipinski definition) is 0. The molecular formula is C23H24. The number of hydrogen-bond donors (Lipinski definition) is 0. The molecule has 0 nitrogen and oxygen atoms in total. The summed E-state index contributed by atoms with van der Waals surface area (Å²) >= 11 is 0. The molecule has 0 radical (unpaired) electrons. The maximum Gasteiger partial charge on any atom is -0.00230 e. The first-order valence-electron chi connectivity index (χ1n) is 8.53. The highest BCUT2D eigenvalue weighted by Gasteiger charge is 2.03. The molecule has 23 heavy (non-hydrogen) atoms. The van der Waals surface area contributed by atoms with E-state index in [-0.39, 0.29) is 0 Å². The van der Waals surface area contributed by atoms with Crippen LogP contribution in [0.2, 0.25) is 0 Å². The van der Waals surface area contributed by atoms with Crippen LogP contribution in [0.4, 0.5) is 0 Å². The average molecular weight is 300 g/mol. The molecule has 0 aliphatic heterocycles. The Bertz CT molecular complexity index is 724. The average Bonchev–Trinajstić information content (AvgIpc) is 2.60. The molecule has 0 spiro atoms. The summed E-state index contributed by atoms with van der Waals surface area (Å²) in [5.41, 5.74) is 7.09. The molecule has 0 aliphatic rings. The van der Waals surface area contributed by atoms with E-state index < -0.39 is 0 Å². The Hall–Kier alpha value is -2.34. The second-order valence-electron chi connectivity index (χ2n) is 6.17. The van der Waals surface area contributed by atoms with Crippen LogP contribution >= 0.6 is 0 Å². The van der Waals surface area contributed by atoms with Crippen molar-refractivity contribution in [1.29, 1.82) is 0 Å². The van der Waals surface area contributed by atoms with Gasteiger partial charge in [0.15, 0.2) is 0 Å². The van der Waals surface area contributed by atoms with Crippen molar-refractivity contribution in [2.45, 2.75) is 32.6 Å². The molecule has 0 heteroatoms. The standard InChI is InChI=1S/C23H24/c1-2-8-22-11-6-7-12-23(22)18-21-15-13-20(14-16-21)17-19-9-4-3-5-10-19/h3-7,9-16H,2,8,17-18H2,1H3. The Morgan fingerprint density at radius 1 is 0.522 bits per heavy atom. The lowest BCUT2D eigenvalue weighted by atomic mass is 9.96. The predicted octanol–water partition coefficient (Wildman–Crippen LogP) is 5.82. The van der Waals surface area contributed by atoms with Crippen molar-refractivity contribution in [3.63, 3.8) is 0 Å². The van der Waals surface area contributed by atoms with Gasteiger partial charge in [0, 0.05) is 0 Å². The minimum Gasteiger partial charge on any atom is -0.0651 e. The quantitative estimate of drug-likeness (QED) is 0.538. The Balaban J connectivity index is 1.70. The summed E-state index contributed by atoms with van der Waals surface area (Å²) in [5, 5.41) is 0. The molecule has 0 aliphatic carbocycles. The van der Waals surface area contributed by atoms with Gasteiger partial charge < -0.3 is 0 Å². The van der Waals surface area contributed by atoms with Crippen LogP contribution in [0, 0.1) is 0 Å². The van der Waals surface area contributed by atoms with E-state index >= 15 is 0 Å². The topological polar surface area (TPSA) is 0 Å². The van der Waals surface area contributed by atoms with E-state index in [0.717, 1.165) is 12.8 Å². The van der Waals surface area contributed by atoms with E-state index in [9.17, 15) is 0 Å². The second kappa shape index (κ2) is 7.78. The monoisotopic (exact) mass is 300 g/mol. The third-order valence-corrected chi connectivity index (χ3v) is 4.31. The normalized spacial score (nSPS) is 10.7. The Morgan fingerprint density at radius 3 is 1.70 bits per heavy atom. The van der Waals surface area contributed by atoms with Crippen LogP contribution in [0.1, 0.15) is 41.2 Å². The van der Waals surface area contributed by atoms with Gasteiger partial charge >= 0.3 is 0 Å². The summed E-state index contributed by atoms with van der Waals surface area (Å²) in [7, 11) is 0. The van der Waals surface area contributed by atoms with Crippen LogP contribution in [0.15, 0.2) is 78.9 Å². The maximum absolute atomic E-state index is 2.28. The molecule has 0 N–H and O–H groups in total. The van der Waals surface area contributed by atoms with Crippen LogP contribution in [0.3, 0.4) is 0 Å². The molecular weight excluding hydrogens is 276 g/mol. The van der Waals surface area contributed by atoms with Gasteiger partial charge in [-0.25, -0.2) is 0 Å². The predicted molar refractivity (Wildman–Crippen MR) is 98.9 cm³/mol. The smallest absolute Gasteiger partial charge is 0.00230 e. The fourth-order valence-electron chi connectivity index (χ4n) is 3.07. The molecule has 0 atom stereocenters. The van der Waals surface area contributed by atoms with Gasteiger partial charge in [-0.2, -0.15) is 0 Å². The molecule has 0 saturated heterocycles. The largest absolute Gasteiger partial charge is 0.0651 e. The summed E-state index contributed by atoms with van der Waals surface area (Å²) < 4.78 is 0. The van der Waals surface area contributed by atoms with Gasteiger partial charge in [-0.15, -0.1) is 0 Å². The minimum atomic E-state index is 1.01. The molecule has 0 unspecified atom stereocenters. The Kier molecular flexibility index (Phi) is 5.26. The van der Waals surface area contributed by atoms with Gasteiger partial charge in [0.05, 0.1) is 0 Å². The minimum absolute atomic E-state index is 1.01. The van der Waals surface area contributed by atoms with Gasteiger partial charge in [-0.05, 0) is 47.1 Å². The van der Waals surface area contributed by atoms with Crippen LogP contribution in [0.25, 0.3) is 0 Å². The second-order valence-corrected chi connectivity index (χ2v) is 6.17. The maximum atomic E-state index is 2.28. The van der Waals surface area contributed by atoms with Crippen molar-refractivity contribution in [3.8, 4) is 0 Å². The molecule has 0 saturated carbocycles. The zero-order chi connectivity index (χ0) is 15.9. The van der Waals surface area contributed by atoms with E-state index in [2.05, 4.69) is 85.8 Å². The van der Waals surface area contributed by atoms with Crippen molar-refractivity contribution < 1.29 is 0 Å². The molecule has 0 bridgehead atoms. The zero-order valence-corrected chi connectivity index (χ0v) is 13.8. The Morgan fingerprint density at radius 2 is 1.04 bits per heavy atom. The third kappa shape index (κ3) is 4.32. The van der Waals surface area contributed by atoms with E-state index in [4.69, 9.17) is 0 Å². The van der Waals surface area contributed by atoms with Gasteiger partial charge in [-0.3, -0.25) is 0 Å². The zero-order valence-electron chi connectivity index (χ0n) is 13.8. The number of benzene rings is 3. The lowest BCUT2D eigenvalue weighted by Gasteiger charge is -2.09. The first kappa shape index (κ1) is 15.6. The van der Waals surface area contributed by atoms with Crippen LogP contribution in [0.5, 0.6) is 0 Å². The summed E-state index contributed by atoms with van der Waals surface area (Å²) in [6.07, 6.45) is 4.41. The SMILES string of the molecule is CCCc1ccccc1Cc1ccc(Cc2ccccc2)cc1. The molecule has 0 aromatic heterocycles. The van der Waals surface area contributed by atoms with Crippen molar-refractivity contribution in [2.24, 2.45) is 0 Å². The summed E-state index contributed by atoms with van der Waals surface area (Å²) in [5.74, 6) is 0. The van der Waals surface area contributed by atoms with Crippen LogP contribution < -0.4 is 0 Å². The highest BCUT2D eigenvalue weighted by Crippen LogP contribution is 2.17. The highest BCUT2D eigenvalue weighted by atomic mass is 14.1. The van der Waals surface area contributed by atoms with Crippen LogP contribution in [-0.2, 0) is 19.3 Å². The fourth-order valence-corrected chi connectivity index (χ4v) is 3.07. The van der Waals surface area contributed by atoms with Gasteiger partial charge in [0.1, 0.15) is 0 Å². The first-order chi connectivity index (χ1) is 11.3. The summed E-state index contributed by atoms with van der Waals surface area (Å²) in [6, 6.07) is 28.6. The number of rotatable bonds is 6. The fraction of sp³-hybridized carbons (Fsp3) is 0.217. The molecule has 3 aromatic carbocycles. The molecule has 0 amide bonds. The first-order valence-corrected chi connectivity index (χ1v) is 8.53. The molecule has 0 heterocycles. The molecule has 0 fully saturated rings. The van der Waals surface area contributed by atoms with Gasteiger partial charge in [0.2, 0.25) is 0 Å². The van der Waals surface area contributed by atoms with Crippen molar-refractivity contribution in [1.82, 2.24) is 0 Å². The number of aryl methyl sites for hydroxylation is 1. The molecule has 116 valence electrons. The van der Waals surface area contributed by atoms with Crippen molar-refractivity contribution >= 4 is 0 Å². The van der Waals surface area contributed by atoms with E-state index in [0.29, 0.717) is 0 Å². The van der Waals surface area contributed by atoms with E-state index in [1.807, 2.05) is 0 Å². The van der Waals surface area contributed by atoms with Crippen molar-refractivity contribution in [2.75, 3.05) is 0 Å². The summed E-state index contributed by atoms with van der Waals surface area (Å²) in [4.78, 5) is 0. The molecule has 3 aromatic rings. The Labute approximate surface area is 139 Å². The molecule has 3 rings (SSSR count).